The van der Waals surface area contributed by atoms with Crippen LogP contribution in [0.3, 0.4) is 0 Å². The first kappa shape index (κ1) is 13.4. The van der Waals surface area contributed by atoms with Crippen molar-refractivity contribution in [2.24, 2.45) is 0 Å². The molecule has 106 valence electrons. The van der Waals surface area contributed by atoms with Crippen molar-refractivity contribution < 1.29 is 9.84 Å². The van der Waals surface area contributed by atoms with Gasteiger partial charge in [0, 0.05) is 19.7 Å². The number of methoxy groups -OCH3 is 1. The Balaban J connectivity index is 1.94. The third-order valence-corrected chi connectivity index (χ3v) is 4.68. The van der Waals surface area contributed by atoms with Crippen LogP contribution < -0.4 is 0 Å². The van der Waals surface area contributed by atoms with Crippen molar-refractivity contribution in [3.8, 4) is 0 Å². The zero-order valence-electron chi connectivity index (χ0n) is 11.2. The highest BCUT2D eigenvalue weighted by atomic mass is 35.5. The number of fused-ring (bicyclic) bond motifs is 1. The van der Waals surface area contributed by atoms with Gasteiger partial charge in [-0.25, -0.2) is 0 Å². The lowest BCUT2D eigenvalue weighted by molar-refractivity contribution is 0.000269. The van der Waals surface area contributed by atoms with Gasteiger partial charge in [-0.1, -0.05) is 11.6 Å². The minimum atomic E-state index is -0.863. The molecule has 0 radical (unpaired) electrons. The largest absolute Gasteiger partial charge is 0.383 e. The van der Waals surface area contributed by atoms with E-state index in [2.05, 4.69) is 10.00 Å². The van der Waals surface area contributed by atoms with E-state index in [0.29, 0.717) is 18.2 Å². The normalized spacial score (nSPS) is 31.0. The minimum absolute atomic E-state index is 0.183. The molecule has 0 aromatic carbocycles. The molecule has 1 aromatic heterocycles. The fraction of sp³-hybridized carbons (Fsp3) is 0.769. The van der Waals surface area contributed by atoms with E-state index < -0.39 is 5.60 Å². The van der Waals surface area contributed by atoms with Gasteiger partial charge >= 0.3 is 0 Å². The number of ether oxygens (including phenoxy) is 1. The number of hydrogen-bond donors (Lipinski definition) is 1. The Hall–Kier alpha value is -0.620. The highest BCUT2D eigenvalue weighted by molar-refractivity contribution is 6.31. The van der Waals surface area contributed by atoms with Gasteiger partial charge in [0.05, 0.1) is 30.1 Å². The van der Waals surface area contributed by atoms with Crippen LogP contribution in [0.25, 0.3) is 0 Å². The van der Waals surface area contributed by atoms with Crippen LogP contribution in [0.2, 0.25) is 5.02 Å². The van der Waals surface area contributed by atoms with E-state index in [9.17, 15) is 5.11 Å². The highest BCUT2D eigenvalue weighted by Crippen LogP contribution is 2.44. The molecule has 6 heteroatoms. The van der Waals surface area contributed by atoms with Crippen molar-refractivity contribution in [1.29, 1.82) is 0 Å². The van der Waals surface area contributed by atoms with Gasteiger partial charge < -0.3 is 9.84 Å². The van der Waals surface area contributed by atoms with Gasteiger partial charge in [-0.3, -0.25) is 9.58 Å². The van der Waals surface area contributed by atoms with Gasteiger partial charge in [0.15, 0.2) is 0 Å². The summed E-state index contributed by atoms with van der Waals surface area (Å²) in [5, 5.41) is 16.0. The van der Waals surface area contributed by atoms with Crippen molar-refractivity contribution >= 4 is 11.6 Å². The fourth-order valence-electron chi connectivity index (χ4n) is 3.53. The third kappa shape index (κ3) is 2.09. The monoisotopic (exact) mass is 285 g/mol. The first-order valence-electron chi connectivity index (χ1n) is 6.84. The van der Waals surface area contributed by atoms with E-state index in [0.717, 1.165) is 38.0 Å². The van der Waals surface area contributed by atoms with Crippen LogP contribution >= 0.6 is 11.6 Å². The molecule has 0 spiro atoms. The van der Waals surface area contributed by atoms with E-state index in [1.807, 2.05) is 0 Å². The van der Waals surface area contributed by atoms with E-state index in [-0.39, 0.29) is 6.04 Å². The topological polar surface area (TPSA) is 50.5 Å². The van der Waals surface area contributed by atoms with E-state index in [1.165, 1.54) is 0 Å². The molecule has 3 heterocycles. The molecular weight excluding hydrogens is 266 g/mol. The van der Waals surface area contributed by atoms with Crippen molar-refractivity contribution in [3.63, 3.8) is 0 Å². The van der Waals surface area contributed by atoms with E-state index in [4.69, 9.17) is 16.3 Å². The summed E-state index contributed by atoms with van der Waals surface area (Å²) in [6.07, 6.45) is 4.54. The van der Waals surface area contributed by atoms with Gasteiger partial charge in [-0.05, 0) is 25.8 Å². The van der Waals surface area contributed by atoms with Gasteiger partial charge in [0.2, 0.25) is 0 Å². The maximum absolute atomic E-state index is 11.2. The minimum Gasteiger partial charge on any atom is -0.383 e. The number of hydrogen-bond acceptors (Lipinski definition) is 4. The third-order valence-electron chi connectivity index (χ3n) is 4.41. The van der Waals surface area contributed by atoms with Gasteiger partial charge in [0.25, 0.3) is 0 Å². The molecule has 19 heavy (non-hydrogen) atoms. The van der Waals surface area contributed by atoms with Crippen LogP contribution in [0.1, 0.15) is 25.0 Å². The number of aromatic nitrogens is 2. The molecule has 2 saturated heterocycles. The summed E-state index contributed by atoms with van der Waals surface area (Å²) in [5.74, 6) is 0. The molecular formula is C13H20ClN3O2. The Morgan fingerprint density at radius 3 is 3.21 bits per heavy atom. The quantitative estimate of drug-likeness (QED) is 0.904. The molecule has 1 aromatic rings. The number of rotatable bonds is 4. The van der Waals surface area contributed by atoms with Gasteiger partial charge in [0.1, 0.15) is 5.60 Å². The maximum atomic E-state index is 11.2. The zero-order valence-corrected chi connectivity index (χ0v) is 11.9. The summed E-state index contributed by atoms with van der Waals surface area (Å²) >= 11 is 6.28. The molecule has 0 saturated carbocycles. The molecule has 2 aliphatic rings. The lowest BCUT2D eigenvalue weighted by Gasteiger charge is -2.31. The van der Waals surface area contributed by atoms with Crippen molar-refractivity contribution in [3.05, 3.63) is 16.9 Å². The highest BCUT2D eigenvalue weighted by Gasteiger charge is 2.51. The Morgan fingerprint density at radius 1 is 1.58 bits per heavy atom. The van der Waals surface area contributed by atoms with Crippen molar-refractivity contribution in [2.75, 3.05) is 26.8 Å². The molecule has 2 fully saturated rings. The Kier molecular flexibility index (Phi) is 3.55. The summed E-state index contributed by atoms with van der Waals surface area (Å²) in [5.41, 5.74) is -0.0988. The molecule has 2 atom stereocenters. The zero-order chi connectivity index (χ0) is 13.5. The van der Waals surface area contributed by atoms with Crippen LogP contribution in [-0.4, -0.2) is 52.6 Å². The fourth-order valence-corrected chi connectivity index (χ4v) is 3.84. The Morgan fingerprint density at radius 2 is 2.42 bits per heavy atom. The summed E-state index contributed by atoms with van der Waals surface area (Å²) in [6, 6.07) is 0.183. The SMILES string of the molecule is COCCn1ncc(Cl)c1C1(O)CCN2CCCC21. The molecule has 3 rings (SSSR count). The summed E-state index contributed by atoms with van der Waals surface area (Å²) in [6.45, 7) is 3.20. The first-order chi connectivity index (χ1) is 9.16. The molecule has 2 aliphatic heterocycles. The average molecular weight is 286 g/mol. The van der Waals surface area contributed by atoms with Crippen LogP contribution in [0.4, 0.5) is 0 Å². The number of aliphatic hydroxyl groups is 1. The first-order valence-corrected chi connectivity index (χ1v) is 7.22. The van der Waals surface area contributed by atoms with Gasteiger partial charge in [-0.2, -0.15) is 5.10 Å². The molecule has 0 aliphatic carbocycles. The van der Waals surface area contributed by atoms with E-state index in [1.54, 1.807) is 18.0 Å². The van der Waals surface area contributed by atoms with E-state index >= 15 is 0 Å². The maximum Gasteiger partial charge on any atom is 0.124 e. The second kappa shape index (κ2) is 5.05. The second-order valence-electron chi connectivity index (χ2n) is 5.43. The van der Waals surface area contributed by atoms with Crippen molar-refractivity contribution in [2.45, 2.75) is 37.5 Å². The standard InChI is InChI=1S/C13H20ClN3O2/c1-19-8-7-17-12(10(14)9-15-17)13(18)4-6-16-5-2-3-11(13)16/h9,11,18H,2-8H2,1H3. The van der Waals surface area contributed by atoms with Crippen LogP contribution in [-0.2, 0) is 16.9 Å². The lowest BCUT2D eigenvalue weighted by Crippen LogP contribution is -2.40. The smallest absolute Gasteiger partial charge is 0.124 e. The summed E-state index contributed by atoms with van der Waals surface area (Å²) in [7, 11) is 1.66. The molecule has 0 amide bonds. The summed E-state index contributed by atoms with van der Waals surface area (Å²) in [4.78, 5) is 2.37. The van der Waals surface area contributed by atoms with Gasteiger partial charge in [-0.15, -0.1) is 0 Å². The molecule has 5 nitrogen and oxygen atoms in total. The van der Waals surface area contributed by atoms with Crippen molar-refractivity contribution in [1.82, 2.24) is 14.7 Å². The average Bonchev–Trinajstić information content (AvgIpc) is 3.06. The predicted molar refractivity (Wildman–Crippen MR) is 72.2 cm³/mol. The molecule has 0 bridgehead atoms. The van der Waals surface area contributed by atoms with Crippen LogP contribution in [0.15, 0.2) is 6.20 Å². The Labute approximate surface area is 118 Å². The van der Waals surface area contributed by atoms with Crippen LogP contribution in [0.5, 0.6) is 0 Å². The molecule has 2 unspecified atom stereocenters. The number of nitrogens with zero attached hydrogens (tertiary/aromatic N) is 3. The summed E-state index contributed by atoms with van der Waals surface area (Å²) < 4.78 is 6.90. The lowest BCUT2D eigenvalue weighted by atomic mass is 9.89. The molecule has 1 N–H and O–H groups in total. The van der Waals surface area contributed by atoms with Crippen LogP contribution in [0, 0.1) is 0 Å². The predicted octanol–water partition coefficient (Wildman–Crippen LogP) is 1.24. The second-order valence-corrected chi connectivity index (χ2v) is 5.83. The Bertz CT molecular complexity index is 465. The number of halogens is 1.